The minimum atomic E-state index is 0.856. The van der Waals surface area contributed by atoms with Crippen molar-refractivity contribution in [1.82, 2.24) is 0 Å². The molecular formula is C56H36N2O2. The molecule has 0 saturated heterocycles. The third-order valence-corrected chi connectivity index (χ3v) is 11.8. The standard InChI is InChI=1S/C56H36N2O2/c1-3-13-37(14-4-1)38-27-30-42(31-28-38)57(45-32-29-39-25-26-40-33-55-50(36-49(40)48(39)35-45)46-19-7-9-22-52(46)60-55)43-17-11-18-44(34-43)58(41-15-5-2-6-16-41)51-21-12-24-54-56(51)47-20-8-10-23-53(47)59-54/h1-36H. The summed E-state index contributed by atoms with van der Waals surface area (Å²) in [6.07, 6.45) is 0. The van der Waals surface area contributed by atoms with Gasteiger partial charge in [0.05, 0.1) is 11.1 Å². The molecule has 0 fully saturated rings. The van der Waals surface area contributed by atoms with E-state index < -0.39 is 0 Å². The molecule has 4 nitrogen and oxygen atoms in total. The average molecular weight is 769 g/mol. The van der Waals surface area contributed by atoms with Crippen LogP contribution in [0.25, 0.3) is 76.5 Å². The molecule has 0 amide bonds. The first kappa shape index (κ1) is 34.0. The number of rotatable bonds is 7. The van der Waals surface area contributed by atoms with Gasteiger partial charge in [0.1, 0.15) is 22.3 Å². The molecule has 0 aliphatic rings. The second-order valence-electron chi connectivity index (χ2n) is 15.3. The van der Waals surface area contributed by atoms with Crippen molar-refractivity contribution in [3.63, 3.8) is 0 Å². The van der Waals surface area contributed by atoms with Crippen molar-refractivity contribution in [2.45, 2.75) is 0 Å². The summed E-state index contributed by atoms with van der Waals surface area (Å²) in [6, 6.07) is 77.6. The minimum Gasteiger partial charge on any atom is -0.456 e. The Morgan fingerprint density at radius 1 is 0.267 bits per heavy atom. The smallest absolute Gasteiger partial charge is 0.137 e. The maximum atomic E-state index is 6.40. The van der Waals surface area contributed by atoms with Gasteiger partial charge in [0.15, 0.2) is 0 Å². The van der Waals surface area contributed by atoms with Gasteiger partial charge in [-0.15, -0.1) is 0 Å². The largest absolute Gasteiger partial charge is 0.456 e. The average Bonchev–Trinajstić information content (AvgIpc) is 3.88. The molecule has 0 bridgehead atoms. The lowest BCUT2D eigenvalue weighted by Gasteiger charge is -2.30. The van der Waals surface area contributed by atoms with E-state index >= 15 is 0 Å². The fourth-order valence-electron chi connectivity index (χ4n) is 9.00. The fourth-order valence-corrected chi connectivity index (χ4v) is 9.00. The highest BCUT2D eigenvalue weighted by Gasteiger charge is 2.22. The second kappa shape index (κ2) is 13.8. The van der Waals surface area contributed by atoms with E-state index in [-0.39, 0.29) is 0 Å². The van der Waals surface area contributed by atoms with Gasteiger partial charge in [0.25, 0.3) is 0 Å². The van der Waals surface area contributed by atoms with Crippen LogP contribution in [0.5, 0.6) is 0 Å². The Morgan fingerprint density at radius 3 is 1.62 bits per heavy atom. The molecule has 4 heteroatoms. The number of hydrogen-bond donors (Lipinski definition) is 0. The molecule has 2 heterocycles. The van der Waals surface area contributed by atoms with Crippen molar-refractivity contribution in [1.29, 1.82) is 0 Å². The number of anilines is 6. The molecule has 0 aliphatic heterocycles. The van der Waals surface area contributed by atoms with Gasteiger partial charge in [-0.05, 0) is 124 Å². The van der Waals surface area contributed by atoms with Gasteiger partial charge in [0.2, 0.25) is 0 Å². The molecule has 0 N–H and O–H groups in total. The molecule has 0 spiro atoms. The molecule has 12 rings (SSSR count). The quantitative estimate of drug-likeness (QED) is 0.151. The van der Waals surface area contributed by atoms with Crippen LogP contribution < -0.4 is 9.80 Å². The van der Waals surface area contributed by atoms with Crippen molar-refractivity contribution < 1.29 is 8.83 Å². The Balaban J connectivity index is 1.07. The van der Waals surface area contributed by atoms with Gasteiger partial charge < -0.3 is 18.6 Å². The summed E-state index contributed by atoms with van der Waals surface area (Å²) in [7, 11) is 0. The summed E-state index contributed by atoms with van der Waals surface area (Å²) in [5.74, 6) is 0. The van der Waals surface area contributed by atoms with E-state index in [2.05, 4.69) is 204 Å². The molecule has 2 aromatic heterocycles. The molecule has 0 unspecified atom stereocenters. The van der Waals surface area contributed by atoms with E-state index in [4.69, 9.17) is 8.83 Å². The highest BCUT2D eigenvalue weighted by molar-refractivity contribution is 6.17. The molecule has 0 radical (unpaired) electrons. The maximum Gasteiger partial charge on any atom is 0.137 e. The van der Waals surface area contributed by atoms with E-state index in [1.807, 2.05) is 24.3 Å². The number of nitrogens with zero attached hydrogens (tertiary/aromatic N) is 2. The van der Waals surface area contributed by atoms with Crippen LogP contribution in [0, 0.1) is 0 Å². The van der Waals surface area contributed by atoms with Crippen LogP contribution in [0.15, 0.2) is 227 Å². The summed E-state index contributed by atoms with van der Waals surface area (Å²) in [6.45, 7) is 0. The van der Waals surface area contributed by atoms with Gasteiger partial charge in [-0.1, -0.05) is 127 Å². The minimum absolute atomic E-state index is 0.856. The highest BCUT2D eigenvalue weighted by atomic mass is 16.3. The number of hydrogen-bond acceptors (Lipinski definition) is 4. The summed E-state index contributed by atoms with van der Waals surface area (Å²) in [5, 5.41) is 9.12. The molecule has 282 valence electrons. The first-order valence-corrected chi connectivity index (χ1v) is 20.3. The van der Waals surface area contributed by atoms with E-state index in [1.165, 1.54) is 27.3 Å². The van der Waals surface area contributed by atoms with Gasteiger partial charge in [-0.25, -0.2) is 0 Å². The Hall–Kier alpha value is -8.08. The molecule has 0 aliphatic carbocycles. The summed E-state index contributed by atoms with van der Waals surface area (Å²) in [5.41, 5.74) is 12.2. The van der Waals surface area contributed by atoms with E-state index in [1.54, 1.807) is 0 Å². The second-order valence-corrected chi connectivity index (χ2v) is 15.3. The van der Waals surface area contributed by atoms with Gasteiger partial charge >= 0.3 is 0 Å². The normalized spacial score (nSPS) is 11.7. The molecule has 10 aromatic carbocycles. The molecule has 60 heavy (non-hydrogen) atoms. The van der Waals surface area contributed by atoms with Gasteiger partial charge in [0, 0.05) is 44.6 Å². The molecule has 12 aromatic rings. The third-order valence-electron chi connectivity index (χ3n) is 11.8. The van der Waals surface area contributed by atoms with E-state index in [0.717, 1.165) is 83.4 Å². The fraction of sp³-hybridized carbons (Fsp3) is 0. The molecule has 0 saturated carbocycles. The third kappa shape index (κ3) is 5.61. The highest BCUT2D eigenvalue weighted by Crippen LogP contribution is 2.46. The SMILES string of the molecule is c1ccc(-c2ccc(N(c3cccc(N(c4ccccc4)c4cccc5oc6ccccc6c45)c3)c3ccc4ccc5cc6oc7ccccc7c6cc5c4c3)cc2)cc1. The van der Waals surface area contributed by atoms with Crippen LogP contribution >= 0.6 is 0 Å². The summed E-state index contributed by atoms with van der Waals surface area (Å²) < 4.78 is 12.7. The lowest BCUT2D eigenvalue weighted by atomic mass is 9.98. The van der Waals surface area contributed by atoms with Crippen molar-refractivity contribution >= 4 is 99.5 Å². The van der Waals surface area contributed by atoms with E-state index in [0.29, 0.717) is 0 Å². The zero-order chi connectivity index (χ0) is 39.6. The van der Waals surface area contributed by atoms with Crippen molar-refractivity contribution in [3.05, 3.63) is 218 Å². The molecule has 0 atom stereocenters. The summed E-state index contributed by atoms with van der Waals surface area (Å²) >= 11 is 0. The lowest BCUT2D eigenvalue weighted by molar-refractivity contribution is 0.669. The molecular weight excluding hydrogens is 733 g/mol. The predicted molar refractivity (Wildman–Crippen MR) is 251 cm³/mol. The first-order valence-electron chi connectivity index (χ1n) is 20.3. The lowest BCUT2D eigenvalue weighted by Crippen LogP contribution is -2.13. The van der Waals surface area contributed by atoms with Gasteiger partial charge in [-0.3, -0.25) is 0 Å². The van der Waals surface area contributed by atoms with Crippen LogP contribution in [0.4, 0.5) is 34.1 Å². The Bertz CT molecular complexity index is 3550. The zero-order valence-electron chi connectivity index (χ0n) is 32.5. The van der Waals surface area contributed by atoms with Crippen molar-refractivity contribution in [2.75, 3.05) is 9.80 Å². The zero-order valence-corrected chi connectivity index (χ0v) is 32.5. The Kier molecular flexibility index (Phi) is 7.82. The van der Waals surface area contributed by atoms with Crippen LogP contribution in [-0.4, -0.2) is 0 Å². The topological polar surface area (TPSA) is 32.8 Å². The number of benzene rings is 10. The van der Waals surface area contributed by atoms with Gasteiger partial charge in [-0.2, -0.15) is 0 Å². The van der Waals surface area contributed by atoms with Crippen molar-refractivity contribution in [3.8, 4) is 11.1 Å². The van der Waals surface area contributed by atoms with E-state index in [9.17, 15) is 0 Å². The van der Waals surface area contributed by atoms with Crippen LogP contribution in [0.2, 0.25) is 0 Å². The van der Waals surface area contributed by atoms with Crippen LogP contribution in [-0.2, 0) is 0 Å². The summed E-state index contributed by atoms with van der Waals surface area (Å²) in [4.78, 5) is 4.72. The Morgan fingerprint density at radius 2 is 0.800 bits per heavy atom. The van der Waals surface area contributed by atoms with Crippen LogP contribution in [0.3, 0.4) is 0 Å². The van der Waals surface area contributed by atoms with Crippen LogP contribution in [0.1, 0.15) is 0 Å². The van der Waals surface area contributed by atoms with Crippen molar-refractivity contribution in [2.24, 2.45) is 0 Å². The first-order chi connectivity index (χ1) is 29.7. The number of furan rings is 2. The maximum absolute atomic E-state index is 6.40. The number of fused-ring (bicyclic) bond motifs is 9. The monoisotopic (exact) mass is 768 g/mol. The number of para-hydroxylation sites is 3. The predicted octanol–water partition coefficient (Wildman–Crippen LogP) is 16.4. The Labute approximate surface area is 346 Å².